The Morgan fingerprint density at radius 3 is 2.29 bits per heavy atom. The molecule has 1 fully saturated rings. The Morgan fingerprint density at radius 2 is 1.76 bits per heavy atom. The van der Waals surface area contributed by atoms with Crippen molar-refractivity contribution in [2.45, 2.75) is 9.79 Å². The molecule has 0 aliphatic carbocycles. The molecule has 0 amide bonds. The summed E-state index contributed by atoms with van der Waals surface area (Å²) in [5.41, 5.74) is 0. The van der Waals surface area contributed by atoms with Crippen molar-refractivity contribution in [3.05, 3.63) is 24.3 Å². The number of thioether (sulfide) groups is 1. The molecule has 1 aliphatic heterocycles. The molecule has 1 aromatic carbocycles. The van der Waals surface area contributed by atoms with E-state index in [0.29, 0.717) is 18.0 Å². The van der Waals surface area contributed by atoms with Crippen molar-refractivity contribution in [2.75, 3.05) is 32.4 Å². The fraction of sp³-hybridized carbons (Fsp3) is 0.455. The third-order valence-corrected chi connectivity index (χ3v) is 5.43. The second-order valence-corrected chi connectivity index (χ2v) is 6.65. The third kappa shape index (κ3) is 2.82. The van der Waals surface area contributed by atoms with Crippen LogP contribution in [-0.4, -0.2) is 45.2 Å². The Morgan fingerprint density at radius 1 is 1.18 bits per heavy atom. The Labute approximate surface area is 106 Å². The Kier molecular flexibility index (Phi) is 4.09. The predicted molar refractivity (Wildman–Crippen MR) is 69.9 cm³/mol. The van der Waals surface area contributed by atoms with Crippen molar-refractivity contribution in [3.8, 4) is 0 Å². The highest BCUT2D eigenvalue weighted by Crippen LogP contribution is 2.20. The van der Waals surface area contributed by atoms with Gasteiger partial charge in [-0.2, -0.15) is 4.31 Å². The molecule has 4 nitrogen and oxygen atoms in total. The minimum absolute atomic E-state index is 0.386. The van der Waals surface area contributed by atoms with Crippen molar-refractivity contribution in [1.29, 1.82) is 0 Å². The van der Waals surface area contributed by atoms with Crippen LogP contribution in [0.5, 0.6) is 0 Å². The first-order valence-corrected chi connectivity index (χ1v) is 8.16. The minimum Gasteiger partial charge on any atom is -0.314 e. The summed E-state index contributed by atoms with van der Waals surface area (Å²) < 4.78 is 26.1. The van der Waals surface area contributed by atoms with Gasteiger partial charge in [0.1, 0.15) is 0 Å². The molecule has 1 saturated heterocycles. The quantitative estimate of drug-likeness (QED) is 0.834. The second-order valence-electron chi connectivity index (χ2n) is 3.83. The van der Waals surface area contributed by atoms with Crippen LogP contribution in [0, 0.1) is 0 Å². The molecule has 0 unspecified atom stereocenters. The maximum Gasteiger partial charge on any atom is 0.243 e. The predicted octanol–water partition coefficient (Wildman–Crippen LogP) is 1.00. The summed E-state index contributed by atoms with van der Waals surface area (Å²) in [5, 5.41) is 3.15. The van der Waals surface area contributed by atoms with Crippen LogP contribution >= 0.6 is 11.8 Å². The van der Waals surface area contributed by atoms with E-state index in [-0.39, 0.29) is 0 Å². The SMILES string of the molecule is CSc1ccc(S(=O)(=O)N2CCNCC2)cc1. The average molecular weight is 272 g/mol. The summed E-state index contributed by atoms with van der Waals surface area (Å²) >= 11 is 1.61. The topological polar surface area (TPSA) is 49.4 Å². The first-order valence-electron chi connectivity index (χ1n) is 5.49. The van der Waals surface area contributed by atoms with E-state index in [9.17, 15) is 8.42 Å². The molecule has 0 radical (unpaired) electrons. The molecule has 17 heavy (non-hydrogen) atoms. The molecule has 1 N–H and O–H groups in total. The van der Waals surface area contributed by atoms with E-state index in [1.54, 1.807) is 23.9 Å². The van der Waals surface area contributed by atoms with Gasteiger partial charge < -0.3 is 5.32 Å². The second kappa shape index (κ2) is 5.39. The zero-order chi connectivity index (χ0) is 12.3. The van der Waals surface area contributed by atoms with Crippen molar-refractivity contribution >= 4 is 21.8 Å². The van der Waals surface area contributed by atoms with Crippen LogP contribution in [-0.2, 0) is 10.0 Å². The average Bonchev–Trinajstić information content (AvgIpc) is 2.40. The van der Waals surface area contributed by atoms with Crippen molar-refractivity contribution < 1.29 is 8.42 Å². The molecule has 94 valence electrons. The number of sulfonamides is 1. The van der Waals surface area contributed by atoms with Gasteiger partial charge >= 0.3 is 0 Å². The molecule has 1 aliphatic rings. The van der Waals surface area contributed by atoms with E-state index in [0.717, 1.165) is 18.0 Å². The molecular weight excluding hydrogens is 256 g/mol. The first kappa shape index (κ1) is 12.9. The number of nitrogens with zero attached hydrogens (tertiary/aromatic N) is 1. The lowest BCUT2D eigenvalue weighted by molar-refractivity contribution is 0.360. The summed E-state index contributed by atoms with van der Waals surface area (Å²) in [6, 6.07) is 7.06. The van der Waals surface area contributed by atoms with Gasteiger partial charge in [-0.25, -0.2) is 8.42 Å². The molecule has 0 bridgehead atoms. The van der Waals surface area contributed by atoms with Crippen LogP contribution in [0.2, 0.25) is 0 Å². The maximum atomic E-state index is 12.3. The van der Waals surface area contributed by atoms with E-state index < -0.39 is 10.0 Å². The molecule has 0 spiro atoms. The van der Waals surface area contributed by atoms with Crippen LogP contribution in [0.1, 0.15) is 0 Å². The lowest BCUT2D eigenvalue weighted by atomic mass is 10.4. The van der Waals surface area contributed by atoms with E-state index in [4.69, 9.17) is 0 Å². The van der Waals surface area contributed by atoms with Gasteiger partial charge in [0.25, 0.3) is 0 Å². The highest BCUT2D eigenvalue weighted by atomic mass is 32.2. The normalized spacial score (nSPS) is 18.2. The molecule has 1 heterocycles. The van der Waals surface area contributed by atoms with Gasteiger partial charge in [0.05, 0.1) is 4.90 Å². The van der Waals surface area contributed by atoms with Gasteiger partial charge in [-0.3, -0.25) is 0 Å². The molecule has 0 aromatic heterocycles. The Hall–Kier alpha value is -0.560. The number of nitrogens with one attached hydrogen (secondary N) is 1. The number of piperazine rings is 1. The Bertz CT molecular complexity index is 465. The van der Waals surface area contributed by atoms with E-state index in [1.807, 2.05) is 18.4 Å². The van der Waals surface area contributed by atoms with Crippen LogP contribution in [0.4, 0.5) is 0 Å². The smallest absolute Gasteiger partial charge is 0.243 e. The van der Waals surface area contributed by atoms with Gasteiger partial charge in [0.15, 0.2) is 0 Å². The highest BCUT2D eigenvalue weighted by Gasteiger charge is 2.25. The van der Waals surface area contributed by atoms with E-state index in [2.05, 4.69) is 5.32 Å². The standard InChI is InChI=1S/C11H16N2O2S2/c1-16-10-2-4-11(5-3-10)17(14,15)13-8-6-12-7-9-13/h2-5,12H,6-9H2,1H3. The number of hydrogen-bond acceptors (Lipinski definition) is 4. The van der Waals surface area contributed by atoms with Crippen LogP contribution < -0.4 is 5.32 Å². The molecule has 0 atom stereocenters. The van der Waals surface area contributed by atoms with Crippen molar-refractivity contribution in [1.82, 2.24) is 9.62 Å². The summed E-state index contributed by atoms with van der Waals surface area (Å²) in [7, 11) is -3.30. The number of hydrogen-bond donors (Lipinski definition) is 1. The zero-order valence-corrected chi connectivity index (χ0v) is 11.4. The van der Waals surface area contributed by atoms with E-state index >= 15 is 0 Å². The molecule has 0 saturated carbocycles. The lowest BCUT2D eigenvalue weighted by Crippen LogP contribution is -2.46. The minimum atomic E-state index is -3.30. The van der Waals surface area contributed by atoms with Crippen LogP contribution in [0.25, 0.3) is 0 Å². The highest BCUT2D eigenvalue weighted by molar-refractivity contribution is 7.98. The molecular formula is C11H16N2O2S2. The molecule has 2 rings (SSSR count). The molecule has 6 heteroatoms. The molecule has 1 aromatic rings. The summed E-state index contributed by atoms with van der Waals surface area (Å²) in [6.45, 7) is 2.55. The fourth-order valence-corrected chi connectivity index (χ4v) is 3.63. The summed E-state index contributed by atoms with van der Waals surface area (Å²) in [4.78, 5) is 1.46. The van der Waals surface area contributed by atoms with Crippen molar-refractivity contribution in [3.63, 3.8) is 0 Å². The number of benzene rings is 1. The fourth-order valence-electron chi connectivity index (χ4n) is 1.78. The van der Waals surface area contributed by atoms with E-state index in [1.165, 1.54) is 4.31 Å². The monoisotopic (exact) mass is 272 g/mol. The summed E-state index contributed by atoms with van der Waals surface area (Å²) in [5.74, 6) is 0. The van der Waals surface area contributed by atoms with Crippen LogP contribution in [0.15, 0.2) is 34.1 Å². The van der Waals surface area contributed by atoms with Crippen molar-refractivity contribution in [2.24, 2.45) is 0 Å². The van der Waals surface area contributed by atoms with Gasteiger partial charge in [0, 0.05) is 31.1 Å². The van der Waals surface area contributed by atoms with Gasteiger partial charge in [-0.05, 0) is 30.5 Å². The zero-order valence-electron chi connectivity index (χ0n) is 9.72. The largest absolute Gasteiger partial charge is 0.314 e. The van der Waals surface area contributed by atoms with Gasteiger partial charge in [-0.15, -0.1) is 11.8 Å². The first-order chi connectivity index (χ1) is 8.14. The lowest BCUT2D eigenvalue weighted by Gasteiger charge is -2.26. The third-order valence-electron chi connectivity index (χ3n) is 2.77. The summed E-state index contributed by atoms with van der Waals surface area (Å²) in [6.07, 6.45) is 1.97. The maximum absolute atomic E-state index is 12.3. The van der Waals surface area contributed by atoms with Gasteiger partial charge in [-0.1, -0.05) is 0 Å². The Balaban J connectivity index is 2.23. The van der Waals surface area contributed by atoms with Crippen LogP contribution in [0.3, 0.4) is 0 Å². The number of rotatable bonds is 3. The van der Waals surface area contributed by atoms with Gasteiger partial charge in [0.2, 0.25) is 10.0 Å².